The van der Waals surface area contributed by atoms with Gasteiger partial charge in [-0.05, 0) is 30.7 Å². The number of hydrogen-bond acceptors (Lipinski definition) is 3. The van der Waals surface area contributed by atoms with Crippen LogP contribution in [0.4, 0.5) is 0 Å². The predicted octanol–water partition coefficient (Wildman–Crippen LogP) is 2.16. The van der Waals surface area contributed by atoms with Crippen molar-refractivity contribution in [1.82, 2.24) is 15.4 Å². The van der Waals surface area contributed by atoms with E-state index in [2.05, 4.69) is 39.4 Å². The van der Waals surface area contributed by atoms with Gasteiger partial charge in [-0.1, -0.05) is 54.6 Å². The summed E-state index contributed by atoms with van der Waals surface area (Å²) in [7, 11) is -0.0955. The summed E-state index contributed by atoms with van der Waals surface area (Å²) >= 11 is 0. The lowest BCUT2D eigenvalue weighted by molar-refractivity contribution is 0.587. The van der Waals surface area contributed by atoms with Gasteiger partial charge < -0.3 is 10.6 Å². The Balaban J connectivity index is 1.90. The second-order valence-electron chi connectivity index (χ2n) is 5.98. The van der Waals surface area contributed by atoms with Crippen molar-refractivity contribution in [3.05, 3.63) is 71.3 Å². The monoisotopic (exact) mass is 374 g/mol. The van der Waals surface area contributed by atoms with E-state index in [0.717, 1.165) is 11.1 Å². The summed E-state index contributed by atoms with van der Waals surface area (Å²) in [5.41, 5.74) is 2.99. The minimum Gasteiger partial charge on any atom is -0.352 e. The van der Waals surface area contributed by atoms with Crippen molar-refractivity contribution < 1.29 is 8.42 Å². The molecule has 1 unspecified atom stereocenters. The largest absolute Gasteiger partial charge is 0.352 e. The average molecular weight is 375 g/mol. The molecule has 2 aromatic rings. The van der Waals surface area contributed by atoms with Crippen molar-refractivity contribution >= 4 is 16.0 Å². The highest BCUT2D eigenvalue weighted by molar-refractivity contribution is 7.88. The molecule has 0 aliphatic carbocycles. The number of nitrogens with zero attached hydrogens (tertiary/aromatic N) is 1. The molecule has 0 aliphatic heterocycles. The second-order valence-corrected chi connectivity index (χ2v) is 7.91. The van der Waals surface area contributed by atoms with Gasteiger partial charge in [-0.2, -0.15) is 0 Å². The zero-order valence-electron chi connectivity index (χ0n) is 15.4. The molecule has 7 heteroatoms. The van der Waals surface area contributed by atoms with Crippen LogP contribution in [0.5, 0.6) is 0 Å². The Kier molecular flexibility index (Phi) is 7.17. The molecule has 0 radical (unpaired) electrons. The fourth-order valence-corrected chi connectivity index (χ4v) is 3.23. The fourth-order valence-electron chi connectivity index (χ4n) is 2.46. The summed E-state index contributed by atoms with van der Waals surface area (Å²) in [4.78, 5) is 4.25. The van der Waals surface area contributed by atoms with Gasteiger partial charge in [-0.15, -0.1) is 0 Å². The molecule has 0 aliphatic rings. The molecule has 0 heterocycles. The molecule has 2 aromatic carbocycles. The van der Waals surface area contributed by atoms with Gasteiger partial charge in [0.2, 0.25) is 10.0 Å². The van der Waals surface area contributed by atoms with Gasteiger partial charge in [-0.3, -0.25) is 4.99 Å². The van der Waals surface area contributed by atoms with Crippen LogP contribution in [-0.2, 0) is 22.3 Å². The minimum absolute atomic E-state index is 0.0188. The Bertz CT molecular complexity index is 818. The van der Waals surface area contributed by atoms with E-state index in [1.807, 2.05) is 42.5 Å². The fraction of sp³-hybridized carbons (Fsp3) is 0.316. The number of benzene rings is 2. The molecule has 140 valence electrons. The summed E-state index contributed by atoms with van der Waals surface area (Å²) in [5.74, 6) is 0.692. The third kappa shape index (κ3) is 6.16. The first-order valence-electron chi connectivity index (χ1n) is 8.44. The van der Waals surface area contributed by atoms with Gasteiger partial charge in [-0.25, -0.2) is 13.1 Å². The standard InChI is InChI=1S/C19H26N4O2S/c1-15(18-7-5-4-6-8-18)23-19(20-2)22-13-16-9-11-17(12-10-16)14-26(24,25)21-3/h4-12,15,21H,13-14H2,1-3H3,(H2,20,22,23). The van der Waals surface area contributed by atoms with Gasteiger partial charge in [0.1, 0.15) is 0 Å². The highest BCUT2D eigenvalue weighted by Gasteiger charge is 2.09. The summed E-state index contributed by atoms with van der Waals surface area (Å²) in [6.45, 7) is 2.68. The molecule has 3 N–H and O–H groups in total. The number of rotatable bonds is 7. The highest BCUT2D eigenvalue weighted by atomic mass is 32.2. The molecule has 0 aromatic heterocycles. The van der Waals surface area contributed by atoms with Crippen molar-refractivity contribution in [2.75, 3.05) is 14.1 Å². The van der Waals surface area contributed by atoms with Gasteiger partial charge >= 0.3 is 0 Å². The first-order chi connectivity index (χ1) is 12.4. The number of hydrogen-bond donors (Lipinski definition) is 3. The Morgan fingerprint density at radius 2 is 1.65 bits per heavy atom. The number of sulfonamides is 1. The van der Waals surface area contributed by atoms with E-state index in [0.29, 0.717) is 12.5 Å². The predicted molar refractivity (Wildman–Crippen MR) is 106 cm³/mol. The number of nitrogens with one attached hydrogen (secondary N) is 3. The van der Waals surface area contributed by atoms with E-state index in [4.69, 9.17) is 0 Å². The van der Waals surface area contributed by atoms with Gasteiger partial charge in [0.05, 0.1) is 11.8 Å². The van der Waals surface area contributed by atoms with E-state index in [9.17, 15) is 8.42 Å². The van der Waals surface area contributed by atoms with E-state index in [1.165, 1.54) is 12.6 Å². The third-order valence-electron chi connectivity index (χ3n) is 4.03. The Morgan fingerprint density at radius 1 is 1.04 bits per heavy atom. The van der Waals surface area contributed by atoms with Crippen LogP contribution in [0, 0.1) is 0 Å². The summed E-state index contributed by atoms with van der Waals surface area (Å²) in [6, 6.07) is 17.8. The third-order valence-corrected chi connectivity index (χ3v) is 5.36. The zero-order chi connectivity index (χ0) is 19.0. The summed E-state index contributed by atoms with van der Waals surface area (Å²) in [5, 5.41) is 6.63. The van der Waals surface area contributed by atoms with Crippen LogP contribution in [0.1, 0.15) is 29.7 Å². The minimum atomic E-state index is -3.25. The number of guanidine groups is 1. The van der Waals surface area contributed by atoms with Crippen molar-refractivity contribution in [1.29, 1.82) is 0 Å². The van der Waals surface area contributed by atoms with E-state index in [-0.39, 0.29) is 11.8 Å². The van der Waals surface area contributed by atoms with Crippen molar-refractivity contribution in [3.63, 3.8) is 0 Å². The molecule has 0 bridgehead atoms. The second kappa shape index (κ2) is 9.35. The molecule has 6 nitrogen and oxygen atoms in total. The van der Waals surface area contributed by atoms with Crippen molar-refractivity contribution in [2.45, 2.75) is 25.3 Å². The van der Waals surface area contributed by atoms with Gasteiger partial charge in [0, 0.05) is 13.6 Å². The first-order valence-corrected chi connectivity index (χ1v) is 10.1. The first kappa shape index (κ1) is 19.9. The van der Waals surface area contributed by atoms with Crippen molar-refractivity contribution in [2.24, 2.45) is 4.99 Å². The summed E-state index contributed by atoms with van der Waals surface area (Å²) in [6.07, 6.45) is 0. The normalized spacial score (nSPS) is 13.3. The topological polar surface area (TPSA) is 82.6 Å². The van der Waals surface area contributed by atoms with Gasteiger partial charge in [0.15, 0.2) is 5.96 Å². The Hall–Kier alpha value is -2.38. The van der Waals surface area contributed by atoms with Gasteiger partial charge in [0.25, 0.3) is 0 Å². The van der Waals surface area contributed by atoms with Crippen LogP contribution >= 0.6 is 0 Å². The lowest BCUT2D eigenvalue weighted by Gasteiger charge is -2.18. The Labute approximate surface area is 155 Å². The maximum absolute atomic E-state index is 11.6. The van der Waals surface area contributed by atoms with E-state index >= 15 is 0 Å². The van der Waals surface area contributed by atoms with Crippen LogP contribution in [0.25, 0.3) is 0 Å². The zero-order valence-corrected chi connectivity index (χ0v) is 16.2. The molecule has 2 rings (SSSR count). The van der Waals surface area contributed by atoms with E-state index in [1.54, 1.807) is 7.05 Å². The maximum atomic E-state index is 11.6. The highest BCUT2D eigenvalue weighted by Crippen LogP contribution is 2.11. The van der Waals surface area contributed by atoms with Crippen LogP contribution in [0.15, 0.2) is 59.6 Å². The van der Waals surface area contributed by atoms with Crippen LogP contribution in [0.2, 0.25) is 0 Å². The summed E-state index contributed by atoms with van der Waals surface area (Å²) < 4.78 is 25.5. The lowest BCUT2D eigenvalue weighted by Crippen LogP contribution is -2.38. The SMILES string of the molecule is CN=C(NCc1ccc(CS(=O)(=O)NC)cc1)NC(C)c1ccccc1. The van der Waals surface area contributed by atoms with Crippen LogP contribution < -0.4 is 15.4 Å². The number of aliphatic imine (C=N–C) groups is 1. The Morgan fingerprint density at radius 3 is 2.23 bits per heavy atom. The lowest BCUT2D eigenvalue weighted by atomic mass is 10.1. The molecule has 26 heavy (non-hydrogen) atoms. The smallest absolute Gasteiger partial charge is 0.215 e. The molecule has 0 amide bonds. The molecule has 1 atom stereocenters. The van der Waals surface area contributed by atoms with Crippen molar-refractivity contribution in [3.8, 4) is 0 Å². The molecule has 0 spiro atoms. The van der Waals surface area contributed by atoms with Crippen LogP contribution in [-0.4, -0.2) is 28.5 Å². The molecular weight excluding hydrogens is 348 g/mol. The molecule has 0 saturated carbocycles. The molecule has 0 saturated heterocycles. The molecular formula is C19H26N4O2S. The van der Waals surface area contributed by atoms with E-state index < -0.39 is 10.0 Å². The molecule has 0 fully saturated rings. The average Bonchev–Trinajstić information content (AvgIpc) is 2.66. The quantitative estimate of drug-likeness (QED) is 0.512. The van der Waals surface area contributed by atoms with Crippen LogP contribution in [0.3, 0.4) is 0 Å². The maximum Gasteiger partial charge on any atom is 0.215 e.